The first-order chi connectivity index (χ1) is 11.9. The number of hydrogen-bond acceptors (Lipinski definition) is 4. The van der Waals surface area contributed by atoms with Gasteiger partial charge in [-0.2, -0.15) is 0 Å². The first kappa shape index (κ1) is 17.5. The van der Waals surface area contributed by atoms with E-state index in [0.29, 0.717) is 6.04 Å². The molecule has 0 fully saturated rings. The van der Waals surface area contributed by atoms with Crippen LogP contribution < -0.4 is 10.6 Å². The average Bonchev–Trinajstić information content (AvgIpc) is 3.23. The first-order valence-electron chi connectivity index (χ1n) is 9.09. The van der Waals surface area contributed by atoms with Crippen molar-refractivity contribution in [3.63, 3.8) is 0 Å². The number of nitrogens with zero attached hydrogens (tertiary/aromatic N) is 3. The fourth-order valence-corrected chi connectivity index (χ4v) is 3.01. The highest BCUT2D eigenvalue weighted by Gasteiger charge is 2.18. The Hall–Kier alpha value is -2.30. The van der Waals surface area contributed by atoms with E-state index < -0.39 is 0 Å². The predicted molar refractivity (Wildman–Crippen MR) is 102 cm³/mol. The van der Waals surface area contributed by atoms with Crippen LogP contribution in [0.4, 0.5) is 0 Å². The predicted octanol–water partition coefficient (Wildman–Crippen LogP) is 3.83. The fourth-order valence-electron chi connectivity index (χ4n) is 3.01. The molecule has 0 amide bonds. The van der Waals surface area contributed by atoms with Gasteiger partial charge in [0.1, 0.15) is 0 Å². The highest BCUT2D eigenvalue weighted by Crippen LogP contribution is 2.23. The second kappa shape index (κ2) is 6.90. The average molecular weight is 339 g/mol. The van der Waals surface area contributed by atoms with Gasteiger partial charge in [0.2, 0.25) is 0 Å². The van der Waals surface area contributed by atoms with Crippen LogP contribution in [0.3, 0.4) is 0 Å². The third kappa shape index (κ3) is 4.03. The van der Waals surface area contributed by atoms with Crippen molar-refractivity contribution < 1.29 is 0 Å². The Kier molecular flexibility index (Phi) is 4.84. The molecule has 2 atom stereocenters. The summed E-state index contributed by atoms with van der Waals surface area (Å²) in [4.78, 5) is 9.10. The summed E-state index contributed by atoms with van der Waals surface area (Å²) in [6.07, 6.45) is 10.1. The molecular formula is C20H29N5. The summed E-state index contributed by atoms with van der Waals surface area (Å²) in [5, 5.41) is 6.98. The van der Waals surface area contributed by atoms with Crippen LogP contribution in [0.25, 0.3) is 5.69 Å². The molecule has 0 radical (unpaired) electrons. The van der Waals surface area contributed by atoms with Gasteiger partial charge in [0.05, 0.1) is 18.1 Å². The Labute approximate surface area is 150 Å². The largest absolute Gasteiger partial charge is 0.386 e. The van der Waals surface area contributed by atoms with Crippen LogP contribution in [-0.4, -0.2) is 20.6 Å². The lowest BCUT2D eigenvalue weighted by atomic mass is 9.91. The topological polar surface area (TPSA) is 54.8 Å². The lowest BCUT2D eigenvalue weighted by molar-refractivity contribution is 0.567. The van der Waals surface area contributed by atoms with Gasteiger partial charge in [-0.3, -0.25) is 4.98 Å². The van der Waals surface area contributed by atoms with Gasteiger partial charge in [-0.15, -0.1) is 0 Å². The summed E-state index contributed by atoms with van der Waals surface area (Å²) >= 11 is 0. The van der Waals surface area contributed by atoms with Crippen molar-refractivity contribution in [2.75, 3.05) is 0 Å². The minimum absolute atomic E-state index is 0.0338. The van der Waals surface area contributed by atoms with E-state index in [4.69, 9.17) is 0 Å². The zero-order chi connectivity index (χ0) is 18.0. The smallest absolute Gasteiger partial charge is 0.0996 e. The maximum Gasteiger partial charge on any atom is 0.0996 e. The summed E-state index contributed by atoms with van der Waals surface area (Å²) in [6, 6.07) is 4.89. The van der Waals surface area contributed by atoms with E-state index in [-0.39, 0.29) is 11.5 Å². The Morgan fingerprint density at radius 3 is 2.84 bits per heavy atom. The highest BCUT2D eigenvalue weighted by atomic mass is 15.1. The van der Waals surface area contributed by atoms with E-state index >= 15 is 0 Å². The van der Waals surface area contributed by atoms with E-state index in [0.717, 1.165) is 29.9 Å². The van der Waals surface area contributed by atoms with Gasteiger partial charge >= 0.3 is 0 Å². The first-order valence-corrected chi connectivity index (χ1v) is 9.09. The Bertz CT molecular complexity index is 753. The van der Waals surface area contributed by atoms with Crippen LogP contribution >= 0.6 is 0 Å². The molecule has 25 heavy (non-hydrogen) atoms. The fraction of sp³-hybridized carbons (Fsp3) is 0.500. The van der Waals surface area contributed by atoms with Gasteiger partial charge in [0, 0.05) is 53.5 Å². The summed E-state index contributed by atoms with van der Waals surface area (Å²) in [5.41, 5.74) is 4.51. The molecule has 2 aromatic heterocycles. The van der Waals surface area contributed by atoms with Crippen molar-refractivity contribution in [1.82, 2.24) is 25.2 Å². The van der Waals surface area contributed by atoms with Gasteiger partial charge in [0.15, 0.2) is 0 Å². The lowest BCUT2D eigenvalue weighted by Crippen LogP contribution is -2.20. The van der Waals surface area contributed by atoms with Crippen LogP contribution in [0, 0.1) is 0 Å². The number of rotatable bonds is 5. The molecule has 0 aliphatic carbocycles. The van der Waals surface area contributed by atoms with Gasteiger partial charge in [0.25, 0.3) is 0 Å². The molecule has 134 valence electrons. The van der Waals surface area contributed by atoms with Crippen molar-refractivity contribution in [1.29, 1.82) is 0 Å². The molecule has 5 heteroatoms. The van der Waals surface area contributed by atoms with E-state index in [9.17, 15) is 0 Å². The van der Waals surface area contributed by atoms with E-state index in [1.165, 1.54) is 5.70 Å². The van der Waals surface area contributed by atoms with Gasteiger partial charge in [-0.25, -0.2) is 4.98 Å². The highest BCUT2D eigenvalue weighted by molar-refractivity contribution is 5.35. The van der Waals surface area contributed by atoms with Crippen LogP contribution in [0.15, 0.2) is 42.8 Å². The molecule has 3 heterocycles. The molecular weight excluding hydrogens is 310 g/mol. The number of pyridine rings is 1. The lowest BCUT2D eigenvalue weighted by Gasteiger charge is -2.18. The van der Waals surface area contributed by atoms with Crippen molar-refractivity contribution in [2.24, 2.45) is 0 Å². The van der Waals surface area contributed by atoms with Crippen LogP contribution in [-0.2, 0) is 5.41 Å². The standard InChI is InChI=1S/C20H29N5/c1-6-15-9-16(11-22-15)24-14(2)18-12-25(13-23-18)17-7-8-21-19(10-17)20(3,4)5/h7-8,10-15,22,24H,6,9H2,1-5H3. The van der Waals surface area contributed by atoms with Crippen molar-refractivity contribution in [3.05, 3.63) is 54.1 Å². The van der Waals surface area contributed by atoms with E-state index in [2.05, 4.69) is 78.3 Å². The van der Waals surface area contributed by atoms with Crippen LogP contribution in [0.2, 0.25) is 0 Å². The molecule has 0 bridgehead atoms. The minimum atomic E-state index is 0.0338. The summed E-state index contributed by atoms with van der Waals surface area (Å²) in [7, 11) is 0. The molecule has 0 aromatic carbocycles. The minimum Gasteiger partial charge on any atom is -0.386 e. The maximum atomic E-state index is 4.60. The zero-order valence-corrected chi connectivity index (χ0v) is 15.9. The van der Waals surface area contributed by atoms with Crippen molar-refractivity contribution in [3.8, 4) is 5.69 Å². The maximum absolute atomic E-state index is 4.60. The molecule has 2 unspecified atom stereocenters. The van der Waals surface area contributed by atoms with Gasteiger partial charge in [-0.05, 0) is 25.5 Å². The molecule has 1 aliphatic rings. The van der Waals surface area contributed by atoms with Crippen molar-refractivity contribution >= 4 is 0 Å². The second-order valence-corrected chi connectivity index (χ2v) is 7.87. The summed E-state index contributed by atoms with van der Waals surface area (Å²) < 4.78 is 2.07. The summed E-state index contributed by atoms with van der Waals surface area (Å²) in [6.45, 7) is 10.9. The van der Waals surface area contributed by atoms with Gasteiger partial charge in [-0.1, -0.05) is 27.7 Å². The van der Waals surface area contributed by atoms with Crippen molar-refractivity contribution in [2.45, 2.75) is 65.0 Å². The third-order valence-electron chi connectivity index (χ3n) is 4.71. The van der Waals surface area contributed by atoms with E-state index in [1.807, 2.05) is 18.6 Å². The quantitative estimate of drug-likeness (QED) is 0.869. The summed E-state index contributed by atoms with van der Waals surface area (Å²) in [5.74, 6) is 0. The molecule has 5 nitrogen and oxygen atoms in total. The number of imidazole rings is 1. The van der Waals surface area contributed by atoms with E-state index in [1.54, 1.807) is 0 Å². The monoisotopic (exact) mass is 339 g/mol. The van der Waals surface area contributed by atoms with Crippen LogP contribution in [0.5, 0.6) is 0 Å². The molecule has 2 aromatic rings. The normalized spacial score (nSPS) is 18.6. The molecule has 0 spiro atoms. The zero-order valence-electron chi connectivity index (χ0n) is 15.9. The number of aromatic nitrogens is 3. The Morgan fingerprint density at radius 1 is 1.36 bits per heavy atom. The third-order valence-corrected chi connectivity index (χ3v) is 4.71. The number of hydrogen-bond donors (Lipinski definition) is 2. The molecule has 1 aliphatic heterocycles. The Morgan fingerprint density at radius 2 is 2.16 bits per heavy atom. The van der Waals surface area contributed by atoms with Crippen LogP contribution in [0.1, 0.15) is 64.9 Å². The SMILES string of the molecule is CCC1CC(NC(C)c2cn(-c3ccnc(C(C)(C)C)c3)cn2)=CN1. The molecule has 2 N–H and O–H groups in total. The Balaban J connectivity index is 1.72. The molecule has 3 rings (SSSR count). The van der Waals surface area contributed by atoms with Gasteiger partial charge < -0.3 is 15.2 Å². The number of nitrogens with one attached hydrogen (secondary N) is 2. The second-order valence-electron chi connectivity index (χ2n) is 7.87. The molecule has 0 saturated carbocycles. The molecule has 0 saturated heterocycles.